The molecule has 11 heteroatoms. The minimum atomic E-state index is -1.40. The van der Waals surface area contributed by atoms with E-state index >= 15 is 0 Å². The van der Waals surface area contributed by atoms with Crippen LogP contribution < -0.4 is 10.4 Å². The van der Waals surface area contributed by atoms with Crippen molar-refractivity contribution in [3.63, 3.8) is 0 Å². The van der Waals surface area contributed by atoms with Crippen LogP contribution in [0.4, 0.5) is 0 Å². The van der Waals surface area contributed by atoms with Crippen molar-refractivity contribution < 1.29 is 42.9 Å². The number of pyridine rings is 1. The van der Waals surface area contributed by atoms with Crippen LogP contribution in [-0.4, -0.2) is 52.4 Å². The van der Waals surface area contributed by atoms with Crippen LogP contribution in [0.25, 0.3) is 22.5 Å². The van der Waals surface area contributed by atoms with Crippen molar-refractivity contribution in [2.24, 2.45) is 22.7 Å². The number of esters is 3. The van der Waals surface area contributed by atoms with Crippen molar-refractivity contribution in [1.82, 2.24) is 4.98 Å². The van der Waals surface area contributed by atoms with Gasteiger partial charge in [-0.1, -0.05) is 56.3 Å². The first-order valence-corrected chi connectivity index (χ1v) is 17.9. The molecule has 3 heterocycles. The van der Waals surface area contributed by atoms with E-state index in [1.807, 2.05) is 63.2 Å². The number of hydrogen-bond acceptors (Lipinski definition) is 11. The van der Waals surface area contributed by atoms with E-state index in [2.05, 4.69) is 4.98 Å². The van der Waals surface area contributed by atoms with Gasteiger partial charge >= 0.3 is 23.5 Å². The largest absolute Gasteiger partial charge is 0.482 e. The second kappa shape index (κ2) is 13.6. The van der Waals surface area contributed by atoms with Crippen LogP contribution in [0.5, 0.6) is 5.75 Å². The van der Waals surface area contributed by atoms with Gasteiger partial charge in [-0.05, 0) is 72.9 Å². The number of carbonyl (C=O) groups excluding carboxylic acids is 3. The van der Waals surface area contributed by atoms with Gasteiger partial charge in [0.05, 0.1) is 11.7 Å². The van der Waals surface area contributed by atoms with Gasteiger partial charge in [-0.2, -0.15) is 0 Å². The van der Waals surface area contributed by atoms with Crippen LogP contribution >= 0.6 is 0 Å². The molecular formula is C42H43NO10. The number of benzene rings is 2. The van der Waals surface area contributed by atoms with Crippen molar-refractivity contribution >= 4 is 17.9 Å². The third-order valence-corrected chi connectivity index (χ3v) is 11.9. The number of rotatable bonds is 7. The van der Waals surface area contributed by atoms with Gasteiger partial charge in [-0.3, -0.25) is 14.6 Å². The summed E-state index contributed by atoms with van der Waals surface area (Å²) >= 11 is 0. The average molecular weight is 722 g/mol. The smallest absolute Gasteiger partial charge is 0.345 e. The highest BCUT2D eigenvalue weighted by Gasteiger charge is 2.71. The molecule has 3 unspecified atom stereocenters. The lowest BCUT2D eigenvalue weighted by molar-refractivity contribution is -0.266. The van der Waals surface area contributed by atoms with Gasteiger partial charge in [-0.15, -0.1) is 0 Å². The van der Waals surface area contributed by atoms with Crippen molar-refractivity contribution in [3.05, 3.63) is 107 Å². The maximum Gasteiger partial charge on any atom is 0.345 e. The number of aliphatic hydroxyl groups is 1. The topological polar surface area (TPSA) is 151 Å². The number of aliphatic hydroxyl groups excluding tert-OH is 1. The molecule has 3 aliphatic rings. The molecule has 11 nitrogen and oxygen atoms in total. The average Bonchev–Trinajstić information content (AvgIpc) is 3.13. The fourth-order valence-electron chi connectivity index (χ4n) is 9.46. The molecule has 2 saturated carbocycles. The van der Waals surface area contributed by atoms with Gasteiger partial charge in [0.15, 0.2) is 0 Å². The highest BCUT2D eigenvalue weighted by atomic mass is 16.6. The molecule has 0 bridgehead atoms. The van der Waals surface area contributed by atoms with E-state index in [1.165, 1.54) is 13.8 Å². The standard InChI is InChI=1S/C42H43NO10/c1-24(44)49-23-41(4)32-21-34(52-38(47)28-15-13-27(14-16-28)26-10-7-6-8-11-26)42(5)37(40(32,3)18-17-33(41)50-25(2)45)36(46)35-31(53-42)20-30(51-39(35)48)29-12-9-19-43-22-29/h6-16,19-20,22,32-34,36-37,46H,17-18,21,23H2,1-5H3/t32?,33-,34-,36-,37?,40-,41?,42+/m0/s1. The Bertz CT molecular complexity index is 2080. The SMILES string of the molecule is CC(=O)OCC1(C)C2C[C@H](OC(=O)c3ccc(-c4ccccc4)cc3)[C@@]3(C)Oc4cc(-c5cccnc5)oc(=O)c4[C@H](O)C3[C@@]2(C)CC[C@@H]1OC(C)=O. The van der Waals surface area contributed by atoms with Gasteiger partial charge in [0.2, 0.25) is 0 Å². The van der Waals surface area contributed by atoms with Crippen LogP contribution in [0.3, 0.4) is 0 Å². The number of hydrogen-bond donors (Lipinski definition) is 1. The Kier molecular flexibility index (Phi) is 9.26. The molecule has 8 atom stereocenters. The highest BCUT2D eigenvalue weighted by Crippen LogP contribution is 2.67. The molecule has 2 aliphatic carbocycles. The van der Waals surface area contributed by atoms with E-state index < -0.39 is 70.1 Å². The lowest BCUT2D eigenvalue weighted by Crippen LogP contribution is -2.71. The first-order chi connectivity index (χ1) is 25.2. The quantitative estimate of drug-likeness (QED) is 0.160. The van der Waals surface area contributed by atoms with Crippen molar-refractivity contribution in [2.75, 3.05) is 6.61 Å². The molecule has 7 rings (SSSR count). The zero-order valence-electron chi connectivity index (χ0n) is 30.4. The van der Waals surface area contributed by atoms with Gasteiger partial charge in [0.25, 0.3) is 0 Å². The maximum atomic E-state index is 14.1. The molecule has 1 N–H and O–H groups in total. The Morgan fingerprint density at radius 3 is 2.25 bits per heavy atom. The van der Waals surface area contributed by atoms with Gasteiger partial charge in [0, 0.05) is 49.2 Å². The van der Waals surface area contributed by atoms with E-state index in [0.717, 1.165) is 11.1 Å². The van der Waals surface area contributed by atoms with E-state index in [1.54, 1.807) is 42.7 Å². The Hall–Kier alpha value is -5.29. The summed E-state index contributed by atoms with van der Waals surface area (Å²) in [5, 5.41) is 12.4. The van der Waals surface area contributed by atoms with E-state index in [9.17, 15) is 24.3 Å². The molecular weight excluding hydrogens is 678 g/mol. The van der Waals surface area contributed by atoms with Crippen molar-refractivity contribution in [1.29, 1.82) is 0 Å². The summed E-state index contributed by atoms with van der Waals surface area (Å²) in [6.07, 6.45) is 1.20. The van der Waals surface area contributed by atoms with Gasteiger partial charge < -0.3 is 28.5 Å². The summed E-state index contributed by atoms with van der Waals surface area (Å²) < 4.78 is 30.5. The summed E-state index contributed by atoms with van der Waals surface area (Å²) in [7, 11) is 0. The Morgan fingerprint density at radius 1 is 0.887 bits per heavy atom. The first kappa shape index (κ1) is 36.1. The zero-order chi connectivity index (χ0) is 37.7. The van der Waals surface area contributed by atoms with E-state index in [4.69, 9.17) is 23.4 Å². The highest BCUT2D eigenvalue weighted by molar-refractivity contribution is 5.90. The number of nitrogens with zero attached hydrogens (tertiary/aromatic N) is 1. The minimum absolute atomic E-state index is 0.0348. The third kappa shape index (κ3) is 6.30. The van der Waals surface area contributed by atoms with E-state index in [0.29, 0.717) is 24.0 Å². The van der Waals surface area contributed by atoms with Crippen molar-refractivity contribution in [2.45, 2.75) is 77.8 Å². The van der Waals surface area contributed by atoms with Crippen LogP contribution in [0, 0.1) is 22.7 Å². The third-order valence-electron chi connectivity index (χ3n) is 11.9. The van der Waals surface area contributed by atoms with Crippen molar-refractivity contribution in [3.8, 4) is 28.2 Å². The lowest BCUT2D eigenvalue weighted by Gasteiger charge is -2.66. The molecule has 0 saturated heterocycles. The number of fused-ring (bicyclic) bond motifs is 4. The van der Waals surface area contributed by atoms with Crippen LogP contribution in [0.2, 0.25) is 0 Å². The van der Waals surface area contributed by atoms with Crippen LogP contribution in [0.1, 0.15) is 75.9 Å². The summed E-state index contributed by atoms with van der Waals surface area (Å²) in [5.41, 5.74) is -1.13. The molecule has 1 aliphatic heterocycles. The fraction of sp³-hybridized carbons (Fsp3) is 0.405. The number of ether oxygens (including phenoxy) is 4. The normalized spacial score (nSPS) is 30.0. The Labute approximate surface area is 307 Å². The summed E-state index contributed by atoms with van der Waals surface area (Å²) in [6.45, 7) is 8.28. The second-order valence-electron chi connectivity index (χ2n) is 15.2. The molecule has 2 aromatic carbocycles. The maximum absolute atomic E-state index is 14.1. The first-order valence-electron chi connectivity index (χ1n) is 17.9. The summed E-state index contributed by atoms with van der Waals surface area (Å²) in [6, 6.07) is 21.9. The predicted molar refractivity (Wildman–Crippen MR) is 193 cm³/mol. The lowest BCUT2D eigenvalue weighted by atomic mass is 9.42. The second-order valence-corrected chi connectivity index (χ2v) is 15.2. The van der Waals surface area contributed by atoms with Gasteiger partial charge in [-0.25, -0.2) is 9.59 Å². The van der Waals surface area contributed by atoms with Crippen LogP contribution in [0.15, 0.2) is 94.4 Å². The van der Waals surface area contributed by atoms with E-state index in [-0.39, 0.29) is 30.1 Å². The minimum Gasteiger partial charge on any atom is -0.482 e. The van der Waals surface area contributed by atoms with Crippen LogP contribution in [-0.2, 0) is 23.8 Å². The summed E-state index contributed by atoms with van der Waals surface area (Å²) in [5.74, 6) is -2.52. The molecule has 0 amide bonds. The molecule has 0 spiro atoms. The molecule has 0 radical (unpaired) electrons. The Balaban J connectivity index is 1.33. The molecule has 4 aromatic rings. The Morgan fingerprint density at radius 2 is 1.58 bits per heavy atom. The fourth-order valence-corrected chi connectivity index (χ4v) is 9.46. The predicted octanol–water partition coefficient (Wildman–Crippen LogP) is 6.72. The zero-order valence-corrected chi connectivity index (χ0v) is 30.4. The van der Waals surface area contributed by atoms with Gasteiger partial charge in [0.1, 0.15) is 41.5 Å². The number of carbonyl (C=O) groups is 3. The molecule has 53 heavy (non-hydrogen) atoms. The monoisotopic (exact) mass is 721 g/mol. The number of aromatic nitrogens is 1. The summed E-state index contributed by atoms with van der Waals surface area (Å²) in [4.78, 5) is 56.5. The molecule has 276 valence electrons. The molecule has 2 aromatic heterocycles. The molecule has 2 fully saturated rings.